The fraction of sp³-hybridized carbons (Fsp3) is 0.421. The molecule has 5 heteroatoms. The van der Waals surface area contributed by atoms with E-state index in [1.807, 2.05) is 0 Å². The van der Waals surface area contributed by atoms with E-state index in [0.717, 1.165) is 54.7 Å². The molecule has 0 unspecified atom stereocenters. The van der Waals surface area contributed by atoms with E-state index in [0.29, 0.717) is 0 Å². The lowest BCUT2D eigenvalue weighted by Crippen LogP contribution is -2.61. The number of para-hydroxylation sites is 2. The molecule has 414 valence electrons. The number of furan rings is 1. The van der Waals surface area contributed by atoms with Gasteiger partial charge in [-0.2, -0.15) is 0 Å². The molecule has 0 radical (unpaired) electrons. The predicted molar refractivity (Wildman–Crippen MR) is 348 cm³/mol. The Kier molecular flexibility index (Phi) is 10.8. The Morgan fingerprint density at radius 2 is 0.852 bits per heavy atom. The first-order chi connectivity index (χ1) is 37.9. The van der Waals surface area contributed by atoms with Crippen LogP contribution in [0.15, 0.2) is 126 Å². The third-order valence-electron chi connectivity index (χ3n) is 21.4. The maximum absolute atomic E-state index is 7.91. The third-order valence-corrected chi connectivity index (χ3v) is 21.4. The number of aromatic nitrogens is 1. The van der Waals surface area contributed by atoms with Crippen molar-refractivity contribution in [2.75, 3.05) is 9.80 Å². The molecule has 2 aliphatic heterocycles. The first kappa shape index (κ1) is 52.6. The minimum Gasteiger partial charge on any atom is -0.468 e. The van der Waals surface area contributed by atoms with Crippen molar-refractivity contribution in [1.29, 1.82) is 0 Å². The van der Waals surface area contributed by atoms with Crippen molar-refractivity contribution in [2.45, 2.75) is 206 Å². The Balaban J connectivity index is 1.19. The maximum Gasteiger partial charge on any atom is 0.297 e. The summed E-state index contributed by atoms with van der Waals surface area (Å²) in [5.41, 5.74) is 26.9. The highest BCUT2D eigenvalue weighted by atomic mass is 16.3. The van der Waals surface area contributed by atoms with E-state index >= 15 is 0 Å². The minimum atomic E-state index is -0.194. The van der Waals surface area contributed by atoms with Crippen LogP contribution in [-0.4, -0.2) is 11.3 Å². The summed E-state index contributed by atoms with van der Waals surface area (Å²) in [6.07, 6.45) is 6.88. The van der Waals surface area contributed by atoms with E-state index in [4.69, 9.17) is 4.42 Å². The highest BCUT2D eigenvalue weighted by Crippen LogP contribution is 2.56. The van der Waals surface area contributed by atoms with Crippen LogP contribution in [0, 0.1) is 0 Å². The van der Waals surface area contributed by atoms with Gasteiger partial charge in [0, 0.05) is 44.6 Å². The van der Waals surface area contributed by atoms with Crippen molar-refractivity contribution in [3.8, 4) is 5.69 Å². The predicted octanol–water partition coefficient (Wildman–Crippen LogP) is 19.3. The van der Waals surface area contributed by atoms with Crippen molar-refractivity contribution in [2.24, 2.45) is 0 Å². The van der Waals surface area contributed by atoms with Gasteiger partial charge in [-0.1, -0.05) is 179 Å². The SMILES string of the molecule is CC(C)(C)c1ccc(N2c3cc(-n4c5ccccc5c5ccccc54)cc4c3B(c3cc5c(cc3N4c3ccc4c(c3)C(C)(C)CCC4(C)C)C(C)(C)CCC5(C)C)c3oc4cc5c(cc4c32)C(C)(C)CCC5(C)C)cc1C(C)(C)C. The number of benzene rings is 7. The van der Waals surface area contributed by atoms with Crippen LogP contribution >= 0.6 is 0 Å². The molecule has 0 atom stereocenters. The van der Waals surface area contributed by atoms with Crippen molar-refractivity contribution in [3.63, 3.8) is 0 Å². The quantitative estimate of drug-likeness (QED) is 0.165. The second kappa shape index (κ2) is 16.6. The average molecular weight is 1070 g/mol. The molecule has 14 rings (SSSR count). The molecule has 0 N–H and O–H groups in total. The zero-order valence-corrected chi connectivity index (χ0v) is 52.1. The number of rotatable bonds is 3. The summed E-state index contributed by atoms with van der Waals surface area (Å²) in [5, 5.41) is 3.72. The smallest absolute Gasteiger partial charge is 0.297 e. The Labute approximate surface area is 484 Å². The zero-order valence-electron chi connectivity index (χ0n) is 52.1. The minimum absolute atomic E-state index is 0.000714. The molecule has 0 saturated heterocycles. The van der Waals surface area contributed by atoms with Gasteiger partial charge >= 0.3 is 0 Å². The van der Waals surface area contributed by atoms with Gasteiger partial charge in [0.25, 0.3) is 6.71 Å². The van der Waals surface area contributed by atoms with Crippen molar-refractivity contribution in [3.05, 3.63) is 166 Å². The lowest BCUT2D eigenvalue weighted by atomic mass is 9.35. The van der Waals surface area contributed by atoms with E-state index in [1.54, 1.807) is 0 Å². The summed E-state index contributed by atoms with van der Waals surface area (Å²) < 4.78 is 10.5. The van der Waals surface area contributed by atoms with Gasteiger partial charge in [-0.15, -0.1) is 0 Å². The van der Waals surface area contributed by atoms with Gasteiger partial charge in [0.05, 0.1) is 28.1 Å². The lowest BCUT2D eigenvalue weighted by Gasteiger charge is -2.47. The lowest BCUT2D eigenvalue weighted by molar-refractivity contribution is 0.332. The van der Waals surface area contributed by atoms with E-state index in [1.165, 1.54) is 117 Å². The zero-order chi connectivity index (χ0) is 57.3. The summed E-state index contributed by atoms with van der Waals surface area (Å²) >= 11 is 0. The summed E-state index contributed by atoms with van der Waals surface area (Å²) in [6.45, 7) is 43.8. The fourth-order valence-electron chi connectivity index (χ4n) is 16.1. The molecule has 2 aromatic heterocycles. The summed E-state index contributed by atoms with van der Waals surface area (Å²) in [6, 6.07) is 48.7. The molecular formula is C76H86BN3O. The molecule has 7 aromatic carbocycles. The fourth-order valence-corrected chi connectivity index (χ4v) is 16.1. The molecule has 81 heavy (non-hydrogen) atoms. The summed E-state index contributed by atoms with van der Waals surface area (Å²) in [7, 11) is 0. The van der Waals surface area contributed by atoms with E-state index in [9.17, 15) is 0 Å². The Bertz CT molecular complexity index is 4120. The van der Waals surface area contributed by atoms with Crippen molar-refractivity contribution < 1.29 is 4.42 Å². The van der Waals surface area contributed by atoms with E-state index < -0.39 is 0 Å². The number of anilines is 6. The molecule has 4 heterocycles. The van der Waals surface area contributed by atoms with Crippen LogP contribution in [0.5, 0.6) is 0 Å². The Morgan fingerprint density at radius 3 is 1.41 bits per heavy atom. The van der Waals surface area contributed by atoms with E-state index in [2.05, 4.69) is 260 Å². The summed E-state index contributed by atoms with van der Waals surface area (Å²) in [4.78, 5) is 5.40. The molecule has 9 aromatic rings. The van der Waals surface area contributed by atoms with Crippen LogP contribution in [-0.2, 0) is 43.3 Å². The van der Waals surface area contributed by atoms with Crippen LogP contribution in [0.2, 0.25) is 0 Å². The molecule has 0 amide bonds. The van der Waals surface area contributed by atoms with Crippen LogP contribution in [0.3, 0.4) is 0 Å². The molecule has 5 aliphatic rings. The second-order valence-corrected chi connectivity index (χ2v) is 31.8. The topological polar surface area (TPSA) is 24.6 Å². The highest BCUT2D eigenvalue weighted by Gasteiger charge is 2.51. The normalized spacial score (nSPS) is 19.7. The maximum atomic E-state index is 7.91. The number of hydrogen-bond acceptors (Lipinski definition) is 3. The molecule has 0 bridgehead atoms. The van der Waals surface area contributed by atoms with Gasteiger partial charge < -0.3 is 18.8 Å². The first-order valence-corrected chi connectivity index (χ1v) is 30.8. The van der Waals surface area contributed by atoms with Gasteiger partial charge in [-0.05, 0) is 204 Å². The van der Waals surface area contributed by atoms with Gasteiger partial charge in [0.1, 0.15) is 5.58 Å². The number of hydrogen-bond donors (Lipinski definition) is 0. The average Bonchev–Trinajstić information content (AvgIpc) is 2.69. The largest absolute Gasteiger partial charge is 0.468 e. The van der Waals surface area contributed by atoms with Gasteiger partial charge in [0.15, 0.2) is 0 Å². The molecular weight excluding hydrogens is 982 g/mol. The number of fused-ring (bicyclic) bond motifs is 12. The van der Waals surface area contributed by atoms with Crippen LogP contribution in [0.4, 0.5) is 34.1 Å². The summed E-state index contributed by atoms with van der Waals surface area (Å²) in [5.74, 6) is 0. The van der Waals surface area contributed by atoms with Crippen LogP contribution < -0.4 is 26.4 Å². The monoisotopic (exact) mass is 1070 g/mol. The Hall–Kier alpha value is -6.46. The van der Waals surface area contributed by atoms with Gasteiger partial charge in [-0.25, -0.2) is 0 Å². The molecule has 0 fully saturated rings. The third kappa shape index (κ3) is 7.60. The molecule has 0 saturated carbocycles. The van der Waals surface area contributed by atoms with Crippen LogP contribution in [0.1, 0.15) is 208 Å². The first-order valence-electron chi connectivity index (χ1n) is 30.8. The van der Waals surface area contributed by atoms with Gasteiger partial charge in [-0.3, -0.25) is 0 Å². The van der Waals surface area contributed by atoms with Gasteiger partial charge in [0.2, 0.25) is 0 Å². The standard InChI is InChI=1S/C76H86BN3O/c1-69(2,3)51-29-27-46(37-53(51)70(4,5)6)80-64-40-47(79-60-25-21-19-23-48(60)49-24-20-22-26-61(49)79)39-63-66(64)77(68-67(80)50-41-55-58(44-65(50)81-68)76(17,18)36-33-73(55,11)12)59-42-56-57(75(15,16)35-34-74(56,13)14)43-62(59)78(63)45-28-30-52-54(38-45)72(9,10)32-31-71(52,7)8/h19-30,37-44H,31-36H2,1-18H3. The van der Waals surface area contributed by atoms with Crippen molar-refractivity contribution >= 4 is 90.2 Å². The molecule has 3 aliphatic carbocycles. The van der Waals surface area contributed by atoms with Crippen molar-refractivity contribution in [1.82, 2.24) is 4.57 Å². The van der Waals surface area contributed by atoms with E-state index in [-0.39, 0.29) is 50.0 Å². The second-order valence-electron chi connectivity index (χ2n) is 31.8. The van der Waals surface area contributed by atoms with Crippen LogP contribution in [0.25, 0.3) is 38.5 Å². The molecule has 4 nitrogen and oxygen atoms in total. The number of nitrogens with zero attached hydrogens (tertiary/aromatic N) is 3. The highest BCUT2D eigenvalue weighted by molar-refractivity contribution is 7.00. The Morgan fingerprint density at radius 1 is 0.395 bits per heavy atom. The molecule has 0 spiro atoms.